The summed E-state index contributed by atoms with van der Waals surface area (Å²) in [5, 5.41) is 3.44. The van der Waals surface area contributed by atoms with Gasteiger partial charge in [0.25, 0.3) is 0 Å². The Morgan fingerprint density at radius 2 is 1.67 bits per heavy atom. The van der Waals surface area contributed by atoms with E-state index >= 15 is 0 Å². The Bertz CT molecular complexity index is 1090. The lowest BCUT2D eigenvalue weighted by Crippen LogP contribution is -2.52. The van der Waals surface area contributed by atoms with Crippen LogP contribution < -0.4 is 9.62 Å². The Hall–Kier alpha value is -2.29. The molecule has 2 amide bonds. The van der Waals surface area contributed by atoms with Crippen LogP contribution in [0.4, 0.5) is 5.69 Å². The van der Waals surface area contributed by atoms with Gasteiger partial charge >= 0.3 is 0 Å². The predicted octanol–water partition coefficient (Wildman–Crippen LogP) is 4.01. The van der Waals surface area contributed by atoms with Crippen LogP contribution in [-0.2, 0) is 26.2 Å². The lowest BCUT2D eigenvalue weighted by molar-refractivity contribution is -0.140. The van der Waals surface area contributed by atoms with E-state index in [4.69, 9.17) is 23.2 Å². The number of nitrogens with one attached hydrogen (secondary N) is 1. The number of anilines is 1. The number of sulfonamides is 1. The third kappa shape index (κ3) is 7.09. The third-order valence-corrected chi connectivity index (χ3v) is 6.94. The summed E-state index contributed by atoms with van der Waals surface area (Å²) in [4.78, 5) is 27.7. The topological polar surface area (TPSA) is 86.8 Å². The molecule has 33 heavy (non-hydrogen) atoms. The molecule has 0 heterocycles. The van der Waals surface area contributed by atoms with Gasteiger partial charge in [0, 0.05) is 28.7 Å². The quantitative estimate of drug-likeness (QED) is 0.519. The van der Waals surface area contributed by atoms with E-state index in [-0.39, 0.29) is 12.5 Å². The van der Waals surface area contributed by atoms with E-state index in [1.165, 1.54) is 4.90 Å². The van der Waals surface area contributed by atoms with Crippen LogP contribution in [0.5, 0.6) is 0 Å². The van der Waals surface area contributed by atoms with Gasteiger partial charge < -0.3 is 10.2 Å². The second-order valence-corrected chi connectivity index (χ2v) is 10.4. The molecule has 2 aromatic carbocycles. The Balaban J connectivity index is 2.49. The number of nitrogens with zero attached hydrogens (tertiary/aromatic N) is 2. The summed E-state index contributed by atoms with van der Waals surface area (Å²) < 4.78 is 26.2. The van der Waals surface area contributed by atoms with Gasteiger partial charge in [0.2, 0.25) is 21.8 Å². The highest BCUT2D eigenvalue weighted by Gasteiger charge is 2.32. The van der Waals surface area contributed by atoms with Crippen molar-refractivity contribution in [1.29, 1.82) is 0 Å². The summed E-state index contributed by atoms with van der Waals surface area (Å²) in [7, 11) is -3.78. The van der Waals surface area contributed by atoms with Gasteiger partial charge in [-0.1, -0.05) is 48.3 Å². The summed E-state index contributed by atoms with van der Waals surface area (Å²) in [5.41, 5.74) is 1.70. The number of likely N-dealkylation sites (N-methyl/N-ethyl adjacent to an activating group) is 1. The molecule has 0 bridgehead atoms. The van der Waals surface area contributed by atoms with Crippen molar-refractivity contribution in [3.63, 3.8) is 0 Å². The smallest absolute Gasteiger partial charge is 0.244 e. The van der Waals surface area contributed by atoms with Crippen molar-refractivity contribution in [2.24, 2.45) is 0 Å². The van der Waals surface area contributed by atoms with Gasteiger partial charge in [0.05, 0.1) is 11.9 Å². The van der Waals surface area contributed by atoms with Gasteiger partial charge in [0.15, 0.2) is 0 Å². The highest BCUT2D eigenvalue weighted by Crippen LogP contribution is 2.27. The number of benzene rings is 2. The largest absolute Gasteiger partial charge is 0.355 e. The van der Waals surface area contributed by atoms with Gasteiger partial charge in [-0.05, 0) is 50.1 Å². The molecule has 0 aliphatic rings. The van der Waals surface area contributed by atoms with Gasteiger partial charge in [-0.2, -0.15) is 0 Å². The van der Waals surface area contributed by atoms with Crippen LogP contribution in [0.2, 0.25) is 10.0 Å². The number of amides is 2. The molecule has 2 rings (SSSR count). The first-order valence-corrected chi connectivity index (χ1v) is 13.1. The number of halogens is 2. The minimum absolute atomic E-state index is 0.0433. The number of rotatable bonds is 10. The van der Waals surface area contributed by atoms with Crippen LogP contribution in [0.3, 0.4) is 0 Å². The average molecular weight is 514 g/mol. The summed E-state index contributed by atoms with van der Waals surface area (Å²) >= 11 is 12.7. The Kier molecular flexibility index (Phi) is 9.57. The normalized spacial score (nSPS) is 12.2. The van der Waals surface area contributed by atoms with E-state index in [1.807, 2.05) is 13.0 Å². The van der Waals surface area contributed by atoms with Crippen molar-refractivity contribution < 1.29 is 18.0 Å². The Morgan fingerprint density at radius 3 is 2.18 bits per heavy atom. The zero-order valence-electron chi connectivity index (χ0n) is 19.1. The third-order valence-electron chi connectivity index (χ3n) is 5.10. The van der Waals surface area contributed by atoms with Crippen LogP contribution in [-0.4, -0.2) is 50.5 Å². The fourth-order valence-electron chi connectivity index (χ4n) is 3.46. The first-order chi connectivity index (χ1) is 15.5. The molecule has 0 unspecified atom stereocenters. The number of aryl methyl sites for hydroxylation is 1. The number of carbonyl (C=O) groups is 2. The van der Waals surface area contributed by atoms with Crippen LogP contribution in [0, 0.1) is 6.92 Å². The fraction of sp³-hybridized carbons (Fsp3) is 0.391. The van der Waals surface area contributed by atoms with Gasteiger partial charge in [-0.25, -0.2) is 8.42 Å². The number of hydrogen-bond donors (Lipinski definition) is 1. The molecule has 180 valence electrons. The fourth-order valence-corrected chi connectivity index (χ4v) is 4.82. The van der Waals surface area contributed by atoms with E-state index < -0.39 is 28.5 Å². The summed E-state index contributed by atoms with van der Waals surface area (Å²) in [5.74, 6) is -0.881. The maximum atomic E-state index is 13.5. The van der Waals surface area contributed by atoms with Crippen LogP contribution in [0.15, 0.2) is 42.5 Å². The lowest BCUT2D eigenvalue weighted by Gasteiger charge is -2.33. The maximum Gasteiger partial charge on any atom is 0.244 e. The summed E-state index contributed by atoms with van der Waals surface area (Å²) in [6, 6.07) is 11.0. The Morgan fingerprint density at radius 1 is 1.06 bits per heavy atom. The molecule has 0 spiro atoms. The van der Waals surface area contributed by atoms with Crippen molar-refractivity contribution in [2.75, 3.05) is 23.7 Å². The van der Waals surface area contributed by atoms with Crippen LogP contribution in [0.25, 0.3) is 0 Å². The van der Waals surface area contributed by atoms with E-state index in [2.05, 4.69) is 5.32 Å². The molecule has 1 N–H and O–H groups in total. The standard InChI is InChI=1S/C23H29Cl2N3O4S/c1-5-21(23(30)26-6-2)27(14-18-19(24)11-8-12-20(18)25)22(29)15-28(33(4,31)32)17-10-7-9-16(3)13-17/h7-13,21H,5-6,14-15H2,1-4H3,(H,26,30)/t21-/m1/s1. The molecule has 0 fully saturated rings. The molecule has 1 atom stereocenters. The molecule has 0 saturated carbocycles. The lowest BCUT2D eigenvalue weighted by atomic mass is 10.1. The van der Waals surface area contributed by atoms with Crippen molar-refractivity contribution in [3.05, 3.63) is 63.6 Å². The molecular formula is C23H29Cl2N3O4S. The number of hydrogen-bond acceptors (Lipinski definition) is 4. The molecule has 0 aliphatic carbocycles. The van der Waals surface area contributed by atoms with E-state index in [9.17, 15) is 18.0 Å². The minimum atomic E-state index is -3.78. The van der Waals surface area contributed by atoms with Crippen molar-refractivity contribution in [2.45, 2.75) is 39.8 Å². The van der Waals surface area contributed by atoms with Gasteiger partial charge in [-0.3, -0.25) is 13.9 Å². The first kappa shape index (κ1) is 27.0. The Labute approximate surface area is 205 Å². The second kappa shape index (κ2) is 11.7. The molecule has 0 saturated heterocycles. The summed E-state index contributed by atoms with van der Waals surface area (Å²) in [6.07, 6.45) is 1.36. The zero-order chi connectivity index (χ0) is 24.8. The molecule has 0 aromatic heterocycles. The molecule has 0 aliphatic heterocycles. The minimum Gasteiger partial charge on any atom is -0.355 e. The zero-order valence-corrected chi connectivity index (χ0v) is 21.5. The van der Waals surface area contributed by atoms with Crippen molar-refractivity contribution in [3.8, 4) is 0 Å². The van der Waals surface area contributed by atoms with E-state index in [0.717, 1.165) is 16.1 Å². The van der Waals surface area contributed by atoms with Crippen molar-refractivity contribution in [1.82, 2.24) is 10.2 Å². The molecule has 0 radical (unpaired) electrons. The highest BCUT2D eigenvalue weighted by molar-refractivity contribution is 7.92. The van der Waals surface area contributed by atoms with Crippen LogP contribution >= 0.6 is 23.2 Å². The first-order valence-electron chi connectivity index (χ1n) is 10.5. The molecule has 10 heteroatoms. The molecule has 7 nitrogen and oxygen atoms in total. The summed E-state index contributed by atoms with van der Waals surface area (Å²) in [6.45, 7) is 5.27. The van der Waals surface area contributed by atoms with E-state index in [1.54, 1.807) is 50.2 Å². The predicted molar refractivity (Wildman–Crippen MR) is 133 cm³/mol. The average Bonchev–Trinajstić information content (AvgIpc) is 2.73. The molecule has 2 aromatic rings. The highest BCUT2D eigenvalue weighted by atomic mass is 35.5. The van der Waals surface area contributed by atoms with Crippen LogP contribution in [0.1, 0.15) is 31.4 Å². The maximum absolute atomic E-state index is 13.5. The SMILES string of the molecule is CCNC(=O)[C@@H](CC)N(Cc1c(Cl)cccc1Cl)C(=O)CN(c1cccc(C)c1)S(C)(=O)=O. The number of carbonyl (C=O) groups excluding carboxylic acids is 2. The van der Waals surface area contributed by atoms with E-state index in [0.29, 0.717) is 34.3 Å². The monoisotopic (exact) mass is 513 g/mol. The van der Waals surface area contributed by atoms with Gasteiger partial charge in [-0.15, -0.1) is 0 Å². The second-order valence-electron chi connectivity index (χ2n) is 7.65. The van der Waals surface area contributed by atoms with Gasteiger partial charge in [0.1, 0.15) is 12.6 Å². The molecular weight excluding hydrogens is 485 g/mol. The van der Waals surface area contributed by atoms with Crippen molar-refractivity contribution >= 4 is 50.7 Å².